The van der Waals surface area contributed by atoms with E-state index < -0.39 is 0 Å². The number of nitrogens with one attached hydrogen (secondary N) is 1. The van der Waals surface area contributed by atoms with Crippen LogP contribution in [0.15, 0.2) is 12.1 Å². The third-order valence-corrected chi connectivity index (χ3v) is 2.95. The van der Waals surface area contributed by atoms with Crippen molar-refractivity contribution in [2.45, 2.75) is 33.7 Å². The summed E-state index contributed by atoms with van der Waals surface area (Å²) in [6.07, 6.45) is 0. The maximum absolute atomic E-state index is 11.6. The summed E-state index contributed by atoms with van der Waals surface area (Å²) in [6, 6.07) is 3.74. The van der Waals surface area contributed by atoms with Crippen LogP contribution in [0, 0.1) is 5.41 Å². The Kier molecular flexibility index (Phi) is 4.27. The molecule has 1 atom stereocenters. The Labute approximate surface area is 109 Å². The van der Waals surface area contributed by atoms with E-state index in [-0.39, 0.29) is 17.4 Å². The molecule has 0 aliphatic rings. The molecule has 18 heavy (non-hydrogen) atoms. The fourth-order valence-electron chi connectivity index (χ4n) is 1.19. The zero-order valence-corrected chi connectivity index (χ0v) is 12.0. The molecular weight excluding hydrogens is 228 g/mol. The van der Waals surface area contributed by atoms with E-state index in [1.807, 2.05) is 0 Å². The lowest BCUT2D eigenvalue weighted by atomic mass is 9.88. The molecule has 1 amide bonds. The Hall–Kier alpha value is -1.65. The van der Waals surface area contributed by atoms with Crippen molar-refractivity contribution in [2.75, 3.05) is 19.4 Å². The van der Waals surface area contributed by atoms with E-state index in [0.29, 0.717) is 11.5 Å². The molecule has 0 aliphatic heterocycles. The van der Waals surface area contributed by atoms with E-state index in [0.717, 1.165) is 0 Å². The van der Waals surface area contributed by atoms with Crippen molar-refractivity contribution in [1.82, 2.24) is 15.1 Å². The highest BCUT2D eigenvalue weighted by Gasteiger charge is 2.20. The van der Waals surface area contributed by atoms with Crippen LogP contribution in [0.25, 0.3) is 0 Å². The number of anilines is 1. The van der Waals surface area contributed by atoms with Crippen LogP contribution in [0.4, 0.5) is 5.82 Å². The van der Waals surface area contributed by atoms with Gasteiger partial charge in [0.25, 0.3) is 5.91 Å². The van der Waals surface area contributed by atoms with Gasteiger partial charge in [0, 0.05) is 20.1 Å². The second-order valence-corrected chi connectivity index (χ2v) is 5.74. The number of carbonyl (C=O) groups is 1. The van der Waals surface area contributed by atoms with Gasteiger partial charge in [0.15, 0.2) is 5.69 Å². The number of aromatic nitrogens is 2. The Morgan fingerprint density at radius 1 is 1.28 bits per heavy atom. The molecule has 0 bridgehead atoms. The number of amides is 1. The SMILES string of the molecule is CC(Nc1ccc(C(=O)N(C)C)nn1)C(C)(C)C. The van der Waals surface area contributed by atoms with E-state index in [4.69, 9.17) is 0 Å². The number of hydrogen-bond donors (Lipinski definition) is 1. The maximum atomic E-state index is 11.6. The average molecular weight is 250 g/mol. The first-order valence-corrected chi connectivity index (χ1v) is 6.03. The smallest absolute Gasteiger partial charge is 0.273 e. The highest BCUT2D eigenvalue weighted by Crippen LogP contribution is 2.21. The van der Waals surface area contributed by atoms with Crippen molar-refractivity contribution in [3.05, 3.63) is 17.8 Å². The molecule has 0 aliphatic carbocycles. The second kappa shape index (κ2) is 5.33. The first kappa shape index (κ1) is 14.4. The van der Waals surface area contributed by atoms with Gasteiger partial charge in [-0.25, -0.2) is 0 Å². The lowest BCUT2D eigenvalue weighted by molar-refractivity contribution is 0.0821. The first-order chi connectivity index (χ1) is 8.21. The molecule has 1 aromatic rings. The molecule has 0 radical (unpaired) electrons. The van der Waals surface area contributed by atoms with Gasteiger partial charge in [0.1, 0.15) is 5.82 Å². The summed E-state index contributed by atoms with van der Waals surface area (Å²) >= 11 is 0. The highest BCUT2D eigenvalue weighted by atomic mass is 16.2. The molecule has 0 aromatic carbocycles. The largest absolute Gasteiger partial charge is 0.366 e. The van der Waals surface area contributed by atoms with Crippen molar-refractivity contribution in [2.24, 2.45) is 5.41 Å². The van der Waals surface area contributed by atoms with Gasteiger partial charge in [0.2, 0.25) is 0 Å². The van der Waals surface area contributed by atoms with Crippen molar-refractivity contribution in [1.29, 1.82) is 0 Å². The minimum absolute atomic E-state index is 0.139. The van der Waals surface area contributed by atoms with Crippen molar-refractivity contribution in [3.63, 3.8) is 0 Å². The first-order valence-electron chi connectivity index (χ1n) is 6.03. The summed E-state index contributed by atoms with van der Waals surface area (Å²) in [5.74, 6) is 0.547. The molecule has 5 heteroatoms. The van der Waals surface area contributed by atoms with Gasteiger partial charge in [-0.1, -0.05) is 20.8 Å². The predicted molar refractivity (Wildman–Crippen MR) is 72.6 cm³/mol. The Morgan fingerprint density at radius 2 is 1.89 bits per heavy atom. The molecule has 1 N–H and O–H groups in total. The lowest BCUT2D eigenvalue weighted by Crippen LogP contribution is -2.31. The highest BCUT2D eigenvalue weighted by molar-refractivity contribution is 5.91. The molecule has 1 unspecified atom stereocenters. The predicted octanol–water partition coefficient (Wildman–Crippen LogP) is 2.02. The number of rotatable bonds is 3. The molecule has 0 fully saturated rings. The second-order valence-electron chi connectivity index (χ2n) is 5.74. The number of nitrogens with zero attached hydrogens (tertiary/aromatic N) is 3. The molecule has 0 saturated heterocycles. The molecule has 5 nitrogen and oxygen atoms in total. The number of carbonyl (C=O) groups excluding carboxylic acids is 1. The third kappa shape index (κ3) is 3.68. The van der Waals surface area contributed by atoms with Crippen LogP contribution in [0.5, 0.6) is 0 Å². The van der Waals surface area contributed by atoms with E-state index in [2.05, 4.69) is 43.2 Å². The van der Waals surface area contributed by atoms with Crippen LogP contribution in [0.1, 0.15) is 38.2 Å². The van der Waals surface area contributed by atoms with Crippen LogP contribution in [-0.4, -0.2) is 41.1 Å². The Balaban J connectivity index is 2.75. The summed E-state index contributed by atoms with van der Waals surface area (Å²) in [4.78, 5) is 13.1. The third-order valence-electron chi connectivity index (χ3n) is 2.95. The minimum Gasteiger partial charge on any atom is -0.366 e. The summed E-state index contributed by atoms with van der Waals surface area (Å²) in [5, 5.41) is 11.2. The molecular formula is C13H22N4O. The van der Waals surface area contributed by atoms with Crippen LogP contribution >= 0.6 is 0 Å². The summed E-state index contributed by atoms with van der Waals surface area (Å²) in [7, 11) is 3.38. The van der Waals surface area contributed by atoms with E-state index in [9.17, 15) is 4.79 Å². The summed E-state index contributed by atoms with van der Waals surface area (Å²) in [5.41, 5.74) is 0.494. The summed E-state index contributed by atoms with van der Waals surface area (Å²) in [6.45, 7) is 8.56. The van der Waals surface area contributed by atoms with Gasteiger partial charge >= 0.3 is 0 Å². The van der Waals surface area contributed by atoms with Crippen molar-refractivity contribution < 1.29 is 4.79 Å². The zero-order chi connectivity index (χ0) is 13.9. The zero-order valence-electron chi connectivity index (χ0n) is 12.0. The van der Waals surface area contributed by atoms with Gasteiger partial charge in [-0.05, 0) is 24.5 Å². The average Bonchev–Trinajstić information content (AvgIpc) is 2.27. The van der Waals surface area contributed by atoms with Crippen LogP contribution in [0.2, 0.25) is 0 Å². The quantitative estimate of drug-likeness (QED) is 0.891. The fraction of sp³-hybridized carbons (Fsp3) is 0.615. The fourth-order valence-corrected chi connectivity index (χ4v) is 1.19. The van der Waals surface area contributed by atoms with Crippen molar-refractivity contribution >= 4 is 11.7 Å². The monoisotopic (exact) mass is 250 g/mol. The molecule has 1 aromatic heterocycles. The van der Waals surface area contributed by atoms with Gasteiger partial charge in [0.05, 0.1) is 0 Å². The molecule has 1 rings (SSSR count). The maximum Gasteiger partial charge on any atom is 0.273 e. The van der Waals surface area contributed by atoms with Gasteiger partial charge in [-0.3, -0.25) is 4.79 Å². The number of hydrogen-bond acceptors (Lipinski definition) is 4. The van der Waals surface area contributed by atoms with Crippen LogP contribution < -0.4 is 5.32 Å². The topological polar surface area (TPSA) is 58.1 Å². The van der Waals surface area contributed by atoms with Crippen molar-refractivity contribution in [3.8, 4) is 0 Å². The molecule has 0 spiro atoms. The Bertz CT molecular complexity index is 406. The standard InChI is InChI=1S/C13H22N4O/c1-9(13(2,3)4)14-11-8-7-10(15-16-11)12(18)17(5)6/h7-9H,1-6H3,(H,14,16). The van der Waals surface area contributed by atoms with Gasteiger partial charge < -0.3 is 10.2 Å². The normalized spacial score (nSPS) is 13.0. The van der Waals surface area contributed by atoms with E-state index in [1.165, 1.54) is 4.90 Å². The van der Waals surface area contributed by atoms with Crippen LogP contribution in [-0.2, 0) is 0 Å². The molecule has 1 heterocycles. The van der Waals surface area contributed by atoms with Gasteiger partial charge in [-0.15, -0.1) is 10.2 Å². The summed E-state index contributed by atoms with van der Waals surface area (Å²) < 4.78 is 0. The van der Waals surface area contributed by atoms with E-state index >= 15 is 0 Å². The van der Waals surface area contributed by atoms with E-state index in [1.54, 1.807) is 26.2 Å². The minimum atomic E-state index is -0.141. The van der Waals surface area contributed by atoms with Gasteiger partial charge in [-0.2, -0.15) is 0 Å². The molecule has 100 valence electrons. The Morgan fingerprint density at radius 3 is 2.28 bits per heavy atom. The molecule has 0 saturated carbocycles. The lowest BCUT2D eigenvalue weighted by Gasteiger charge is -2.28. The van der Waals surface area contributed by atoms with Crippen LogP contribution in [0.3, 0.4) is 0 Å².